The molecule has 3 rings (SSSR count). The second-order valence-corrected chi connectivity index (χ2v) is 6.69. The maximum atomic E-state index is 6.04. The lowest BCUT2D eigenvalue weighted by Crippen LogP contribution is -2.16. The molecule has 0 aliphatic heterocycles. The number of hydrogen-bond acceptors (Lipinski definition) is 5. The Bertz CT molecular complexity index is 648. The third-order valence-corrected chi connectivity index (χ3v) is 4.66. The molecule has 2 aromatic heterocycles. The number of nitrogens with zero attached hydrogens (tertiary/aromatic N) is 4. The molecule has 126 valence electrons. The molecule has 2 heterocycles. The van der Waals surface area contributed by atoms with Crippen LogP contribution in [0.25, 0.3) is 5.65 Å². The van der Waals surface area contributed by atoms with Crippen molar-refractivity contribution in [2.24, 2.45) is 5.92 Å². The number of imidazole rings is 1. The van der Waals surface area contributed by atoms with Crippen molar-refractivity contribution in [1.82, 2.24) is 19.6 Å². The maximum Gasteiger partial charge on any atom is 0.336 e. The summed E-state index contributed by atoms with van der Waals surface area (Å²) in [7, 11) is 0. The molecule has 1 aliphatic rings. The van der Waals surface area contributed by atoms with Gasteiger partial charge in [0.15, 0.2) is 11.5 Å². The first-order chi connectivity index (χ1) is 11.2. The molecule has 0 aromatic carbocycles. The predicted octanol–water partition coefficient (Wildman–Crippen LogP) is 3.40. The van der Waals surface area contributed by atoms with Gasteiger partial charge in [-0.2, -0.15) is 4.98 Å². The number of rotatable bonds is 6. The fourth-order valence-electron chi connectivity index (χ4n) is 3.45. The van der Waals surface area contributed by atoms with Crippen LogP contribution in [-0.2, 0) is 6.42 Å². The standard InChI is InChI=1S/C17H27N5O/c1-3-7-12(2)23-17-20-15(18)16-19-11-14(22(16)21-17)10-13-8-5-4-6-9-13/h11-13H,3-10H2,1-2H3,(H2,18,20,21)/t12-/m1/s1. The van der Waals surface area contributed by atoms with Gasteiger partial charge < -0.3 is 10.5 Å². The van der Waals surface area contributed by atoms with Crippen molar-refractivity contribution < 1.29 is 4.74 Å². The minimum absolute atomic E-state index is 0.0853. The largest absolute Gasteiger partial charge is 0.459 e. The molecule has 0 spiro atoms. The highest BCUT2D eigenvalue weighted by Gasteiger charge is 2.18. The van der Waals surface area contributed by atoms with Crippen LogP contribution < -0.4 is 10.5 Å². The summed E-state index contributed by atoms with van der Waals surface area (Å²) in [5.74, 6) is 1.11. The normalized spacial score (nSPS) is 17.5. The molecule has 0 unspecified atom stereocenters. The van der Waals surface area contributed by atoms with E-state index in [9.17, 15) is 0 Å². The van der Waals surface area contributed by atoms with Gasteiger partial charge in [0.1, 0.15) is 0 Å². The summed E-state index contributed by atoms with van der Waals surface area (Å²) < 4.78 is 7.63. The summed E-state index contributed by atoms with van der Waals surface area (Å²) >= 11 is 0. The van der Waals surface area contributed by atoms with E-state index in [0.29, 0.717) is 17.5 Å². The quantitative estimate of drug-likeness (QED) is 0.883. The van der Waals surface area contributed by atoms with Crippen LogP contribution in [0.1, 0.15) is 64.5 Å². The molecular formula is C17H27N5O. The Labute approximate surface area is 137 Å². The summed E-state index contributed by atoms with van der Waals surface area (Å²) in [6, 6.07) is 0.346. The minimum Gasteiger partial charge on any atom is -0.459 e. The van der Waals surface area contributed by atoms with Crippen LogP contribution in [0, 0.1) is 5.92 Å². The molecule has 1 saturated carbocycles. The average Bonchev–Trinajstić information content (AvgIpc) is 2.92. The molecule has 0 radical (unpaired) electrons. The first kappa shape index (κ1) is 16.0. The fourth-order valence-corrected chi connectivity index (χ4v) is 3.45. The van der Waals surface area contributed by atoms with Gasteiger partial charge in [-0.25, -0.2) is 9.50 Å². The van der Waals surface area contributed by atoms with E-state index in [1.54, 1.807) is 0 Å². The summed E-state index contributed by atoms with van der Waals surface area (Å²) in [5.41, 5.74) is 7.78. The van der Waals surface area contributed by atoms with E-state index in [2.05, 4.69) is 22.0 Å². The van der Waals surface area contributed by atoms with Gasteiger partial charge in [-0.05, 0) is 25.7 Å². The minimum atomic E-state index is 0.0853. The smallest absolute Gasteiger partial charge is 0.336 e. The Morgan fingerprint density at radius 3 is 2.87 bits per heavy atom. The molecule has 6 nitrogen and oxygen atoms in total. The number of ether oxygens (including phenoxy) is 1. The van der Waals surface area contributed by atoms with Crippen LogP contribution in [0.2, 0.25) is 0 Å². The lowest BCUT2D eigenvalue weighted by Gasteiger charge is -2.20. The van der Waals surface area contributed by atoms with Crippen LogP contribution in [0.4, 0.5) is 5.82 Å². The van der Waals surface area contributed by atoms with Gasteiger partial charge in [0.2, 0.25) is 0 Å². The summed E-state index contributed by atoms with van der Waals surface area (Å²) in [4.78, 5) is 8.64. The molecule has 0 saturated heterocycles. The van der Waals surface area contributed by atoms with Gasteiger partial charge in [-0.15, -0.1) is 5.10 Å². The molecule has 1 fully saturated rings. The topological polar surface area (TPSA) is 78.3 Å². The average molecular weight is 317 g/mol. The summed E-state index contributed by atoms with van der Waals surface area (Å²) in [6.07, 6.45) is 11.6. The zero-order valence-corrected chi connectivity index (χ0v) is 14.2. The second-order valence-electron chi connectivity index (χ2n) is 6.69. The van der Waals surface area contributed by atoms with Crippen molar-refractivity contribution >= 4 is 11.5 Å². The van der Waals surface area contributed by atoms with Crippen molar-refractivity contribution in [3.8, 4) is 6.01 Å². The van der Waals surface area contributed by atoms with E-state index in [4.69, 9.17) is 10.5 Å². The first-order valence-electron chi connectivity index (χ1n) is 8.84. The van der Waals surface area contributed by atoms with Gasteiger partial charge >= 0.3 is 6.01 Å². The Morgan fingerprint density at radius 2 is 2.13 bits per heavy atom. The summed E-state index contributed by atoms with van der Waals surface area (Å²) in [6.45, 7) is 4.17. The Morgan fingerprint density at radius 1 is 1.35 bits per heavy atom. The molecule has 1 atom stereocenters. The highest BCUT2D eigenvalue weighted by Crippen LogP contribution is 2.27. The highest BCUT2D eigenvalue weighted by molar-refractivity contribution is 5.59. The Hall–Kier alpha value is -1.85. The molecule has 2 N–H and O–H groups in total. The number of aromatic nitrogens is 4. The van der Waals surface area contributed by atoms with Crippen molar-refractivity contribution in [2.45, 2.75) is 71.3 Å². The van der Waals surface area contributed by atoms with E-state index < -0.39 is 0 Å². The lowest BCUT2D eigenvalue weighted by molar-refractivity contribution is 0.189. The maximum absolute atomic E-state index is 6.04. The second kappa shape index (κ2) is 7.15. The van der Waals surface area contributed by atoms with E-state index in [1.807, 2.05) is 17.6 Å². The Balaban J connectivity index is 1.83. The van der Waals surface area contributed by atoms with Crippen LogP contribution in [-0.4, -0.2) is 25.7 Å². The third-order valence-electron chi connectivity index (χ3n) is 4.66. The third kappa shape index (κ3) is 3.74. The molecular weight excluding hydrogens is 290 g/mol. The van der Waals surface area contributed by atoms with E-state index in [1.165, 1.54) is 32.1 Å². The van der Waals surface area contributed by atoms with Crippen LogP contribution in [0.15, 0.2) is 6.20 Å². The monoisotopic (exact) mass is 317 g/mol. The number of fused-ring (bicyclic) bond motifs is 1. The SMILES string of the molecule is CCC[C@@H](C)Oc1nc(N)c2ncc(CC3CCCCC3)n2n1. The van der Waals surface area contributed by atoms with Gasteiger partial charge in [0, 0.05) is 0 Å². The predicted molar refractivity (Wildman–Crippen MR) is 90.5 cm³/mol. The van der Waals surface area contributed by atoms with E-state index in [-0.39, 0.29) is 6.10 Å². The molecule has 1 aliphatic carbocycles. The highest BCUT2D eigenvalue weighted by atomic mass is 16.5. The van der Waals surface area contributed by atoms with Crippen molar-refractivity contribution in [3.05, 3.63) is 11.9 Å². The van der Waals surface area contributed by atoms with Crippen molar-refractivity contribution in [3.63, 3.8) is 0 Å². The van der Waals surface area contributed by atoms with Gasteiger partial charge in [0.25, 0.3) is 0 Å². The van der Waals surface area contributed by atoms with Crippen LogP contribution in [0.3, 0.4) is 0 Å². The van der Waals surface area contributed by atoms with E-state index in [0.717, 1.165) is 30.9 Å². The number of nitrogens with two attached hydrogens (primary N) is 1. The van der Waals surface area contributed by atoms with E-state index >= 15 is 0 Å². The summed E-state index contributed by atoms with van der Waals surface area (Å²) in [5, 5.41) is 4.52. The lowest BCUT2D eigenvalue weighted by atomic mass is 9.86. The molecule has 23 heavy (non-hydrogen) atoms. The van der Waals surface area contributed by atoms with Crippen molar-refractivity contribution in [1.29, 1.82) is 0 Å². The Kier molecular flexibility index (Phi) is 4.98. The van der Waals surface area contributed by atoms with Gasteiger partial charge in [-0.3, -0.25) is 0 Å². The van der Waals surface area contributed by atoms with Gasteiger partial charge in [-0.1, -0.05) is 45.4 Å². The molecule has 0 bridgehead atoms. The number of nitrogen functional groups attached to an aromatic ring is 1. The van der Waals surface area contributed by atoms with Crippen molar-refractivity contribution in [2.75, 3.05) is 5.73 Å². The van der Waals surface area contributed by atoms with Crippen LogP contribution in [0.5, 0.6) is 6.01 Å². The van der Waals surface area contributed by atoms with Gasteiger partial charge in [0.05, 0.1) is 18.0 Å². The molecule has 6 heteroatoms. The molecule has 0 amide bonds. The first-order valence-corrected chi connectivity index (χ1v) is 8.84. The molecule has 2 aromatic rings. The zero-order chi connectivity index (χ0) is 16.2. The van der Waals surface area contributed by atoms with Crippen LogP contribution >= 0.6 is 0 Å². The zero-order valence-electron chi connectivity index (χ0n) is 14.2. The number of hydrogen-bond donors (Lipinski definition) is 1. The number of anilines is 1. The fraction of sp³-hybridized carbons (Fsp3) is 0.706.